The van der Waals surface area contributed by atoms with Crippen LogP contribution in [0.15, 0.2) is 54.7 Å². The largest absolute Gasteiger partial charge is 0.361 e. The summed E-state index contributed by atoms with van der Waals surface area (Å²) >= 11 is 0. The standard InChI is InChI=1S/C22H26FN2O4P/c1-14(2)28-30(27,29-15(3)4)22(25-21(26)16-8-6-5-7-9-16)19-13-24-20-12-17(23)10-11-18(19)20/h5-15,22,24H,1-4H3,(H,25,26)/t22-/m0/s1. The smallest absolute Gasteiger partial charge is 0.357 e. The van der Waals surface area contributed by atoms with Crippen molar-refractivity contribution in [3.63, 3.8) is 0 Å². The van der Waals surface area contributed by atoms with Gasteiger partial charge >= 0.3 is 7.60 Å². The van der Waals surface area contributed by atoms with Crippen molar-refractivity contribution in [1.29, 1.82) is 0 Å². The molecule has 1 amide bonds. The van der Waals surface area contributed by atoms with E-state index >= 15 is 0 Å². The van der Waals surface area contributed by atoms with E-state index in [9.17, 15) is 13.8 Å². The van der Waals surface area contributed by atoms with E-state index in [4.69, 9.17) is 9.05 Å². The Hall–Kier alpha value is -2.47. The van der Waals surface area contributed by atoms with Gasteiger partial charge in [-0.3, -0.25) is 9.36 Å². The molecular weight excluding hydrogens is 406 g/mol. The first kappa shape index (κ1) is 22.2. The Morgan fingerprint density at radius 1 is 1.03 bits per heavy atom. The Labute approximate surface area is 175 Å². The Kier molecular flexibility index (Phi) is 6.76. The second-order valence-electron chi connectivity index (χ2n) is 7.52. The number of carbonyl (C=O) groups excluding carboxylic acids is 1. The molecule has 0 saturated heterocycles. The number of amides is 1. The van der Waals surface area contributed by atoms with E-state index in [1.807, 2.05) is 0 Å². The van der Waals surface area contributed by atoms with Gasteiger partial charge in [0.05, 0.1) is 12.2 Å². The van der Waals surface area contributed by atoms with Crippen molar-refractivity contribution in [2.75, 3.05) is 0 Å². The van der Waals surface area contributed by atoms with E-state index in [2.05, 4.69) is 10.3 Å². The summed E-state index contributed by atoms with van der Waals surface area (Å²) in [6.45, 7) is 6.99. The Balaban J connectivity index is 2.11. The van der Waals surface area contributed by atoms with Crippen LogP contribution in [-0.4, -0.2) is 23.1 Å². The highest BCUT2D eigenvalue weighted by Crippen LogP contribution is 2.62. The highest BCUT2D eigenvalue weighted by Gasteiger charge is 2.41. The number of benzene rings is 2. The van der Waals surface area contributed by atoms with E-state index in [0.29, 0.717) is 22.0 Å². The third kappa shape index (κ3) is 4.98. The van der Waals surface area contributed by atoms with Gasteiger partial charge in [0.1, 0.15) is 5.82 Å². The maximum absolute atomic E-state index is 14.0. The summed E-state index contributed by atoms with van der Waals surface area (Å²) in [6.07, 6.45) is 0.779. The van der Waals surface area contributed by atoms with Gasteiger partial charge in [0, 0.05) is 28.2 Å². The number of halogens is 1. The molecule has 160 valence electrons. The summed E-state index contributed by atoms with van der Waals surface area (Å²) in [5, 5.41) is 3.45. The molecule has 8 heteroatoms. The van der Waals surface area contributed by atoms with Crippen molar-refractivity contribution >= 4 is 24.4 Å². The summed E-state index contributed by atoms with van der Waals surface area (Å²) in [5.74, 6) is -1.91. The number of aromatic amines is 1. The maximum Gasteiger partial charge on any atom is 0.357 e. The molecule has 3 rings (SSSR count). The zero-order valence-corrected chi connectivity index (χ0v) is 18.3. The first-order valence-electron chi connectivity index (χ1n) is 9.78. The number of hydrogen-bond acceptors (Lipinski definition) is 4. The Morgan fingerprint density at radius 2 is 1.67 bits per heavy atom. The van der Waals surface area contributed by atoms with Crippen molar-refractivity contribution in [2.45, 2.75) is 45.7 Å². The highest BCUT2D eigenvalue weighted by atomic mass is 31.2. The van der Waals surface area contributed by atoms with Gasteiger partial charge in [-0.15, -0.1) is 0 Å². The van der Waals surface area contributed by atoms with Gasteiger partial charge in [0.25, 0.3) is 5.91 Å². The molecule has 1 atom stereocenters. The van der Waals surface area contributed by atoms with Gasteiger partial charge in [-0.2, -0.15) is 0 Å². The highest BCUT2D eigenvalue weighted by molar-refractivity contribution is 7.54. The number of nitrogens with one attached hydrogen (secondary N) is 2. The minimum absolute atomic E-state index is 0.402. The van der Waals surface area contributed by atoms with Crippen molar-refractivity contribution in [1.82, 2.24) is 10.3 Å². The van der Waals surface area contributed by atoms with Crippen LogP contribution in [0, 0.1) is 5.82 Å². The molecule has 2 aromatic carbocycles. The zero-order valence-electron chi connectivity index (χ0n) is 17.4. The first-order valence-corrected chi connectivity index (χ1v) is 11.4. The van der Waals surface area contributed by atoms with E-state index < -0.39 is 37.3 Å². The third-order valence-corrected chi connectivity index (χ3v) is 6.78. The summed E-state index contributed by atoms with van der Waals surface area (Å²) in [7, 11) is -3.87. The van der Waals surface area contributed by atoms with Crippen LogP contribution in [0.5, 0.6) is 0 Å². The predicted molar refractivity (Wildman–Crippen MR) is 115 cm³/mol. The van der Waals surface area contributed by atoms with Crippen LogP contribution in [0.25, 0.3) is 10.9 Å². The normalized spacial score (nSPS) is 13.2. The molecule has 0 fully saturated rings. The lowest BCUT2D eigenvalue weighted by Gasteiger charge is -2.30. The van der Waals surface area contributed by atoms with Crippen LogP contribution in [0.3, 0.4) is 0 Å². The number of H-pyrrole nitrogens is 1. The second-order valence-corrected chi connectivity index (χ2v) is 9.54. The number of fused-ring (bicyclic) bond motifs is 1. The lowest BCUT2D eigenvalue weighted by atomic mass is 10.1. The predicted octanol–water partition coefficient (Wildman–Crippen LogP) is 5.78. The monoisotopic (exact) mass is 432 g/mol. The number of rotatable bonds is 8. The van der Waals surface area contributed by atoms with Crippen LogP contribution < -0.4 is 5.32 Å². The van der Waals surface area contributed by atoms with Crippen LogP contribution in [0.1, 0.15) is 49.4 Å². The fourth-order valence-electron chi connectivity index (χ4n) is 3.21. The minimum atomic E-state index is -3.87. The number of hydrogen-bond donors (Lipinski definition) is 2. The van der Waals surface area contributed by atoms with Crippen molar-refractivity contribution in [3.8, 4) is 0 Å². The summed E-state index contributed by atoms with van der Waals surface area (Å²) in [6, 6.07) is 12.8. The van der Waals surface area contributed by atoms with Gasteiger partial charge in [-0.1, -0.05) is 18.2 Å². The van der Waals surface area contributed by atoms with Gasteiger partial charge in [-0.25, -0.2) is 4.39 Å². The van der Waals surface area contributed by atoms with E-state index in [1.54, 1.807) is 70.3 Å². The van der Waals surface area contributed by atoms with Crippen LogP contribution in [0.2, 0.25) is 0 Å². The van der Waals surface area contributed by atoms with Crippen LogP contribution in [0.4, 0.5) is 4.39 Å². The summed E-state index contributed by atoms with van der Waals surface area (Å²) < 4.78 is 39.2. The lowest BCUT2D eigenvalue weighted by molar-refractivity contribution is 0.0920. The lowest BCUT2D eigenvalue weighted by Crippen LogP contribution is -2.30. The summed E-state index contributed by atoms with van der Waals surface area (Å²) in [4.78, 5) is 15.9. The van der Waals surface area contributed by atoms with Crippen LogP contribution >= 0.6 is 7.60 Å². The molecule has 2 N–H and O–H groups in total. The van der Waals surface area contributed by atoms with E-state index in [-0.39, 0.29) is 0 Å². The van der Waals surface area contributed by atoms with Gasteiger partial charge in [0.2, 0.25) is 0 Å². The minimum Gasteiger partial charge on any atom is -0.361 e. The Bertz CT molecular complexity index is 1050. The molecule has 0 aliphatic rings. The fourth-order valence-corrected chi connectivity index (χ4v) is 5.50. The second kappa shape index (κ2) is 9.13. The molecule has 0 aliphatic heterocycles. The first-order chi connectivity index (χ1) is 14.2. The van der Waals surface area contributed by atoms with Gasteiger partial charge in [0.15, 0.2) is 5.78 Å². The molecule has 30 heavy (non-hydrogen) atoms. The van der Waals surface area contributed by atoms with Gasteiger partial charge < -0.3 is 19.3 Å². The van der Waals surface area contributed by atoms with E-state index in [0.717, 1.165) is 0 Å². The molecule has 1 aromatic heterocycles. The van der Waals surface area contributed by atoms with Gasteiger partial charge in [-0.05, 0) is 58.0 Å². The molecule has 0 aliphatic carbocycles. The third-order valence-electron chi connectivity index (χ3n) is 4.31. The van der Waals surface area contributed by atoms with Crippen molar-refractivity contribution in [3.05, 3.63) is 71.7 Å². The average Bonchev–Trinajstić information content (AvgIpc) is 3.07. The quantitative estimate of drug-likeness (QED) is 0.442. The van der Waals surface area contributed by atoms with Crippen molar-refractivity contribution in [2.24, 2.45) is 0 Å². The molecule has 0 radical (unpaired) electrons. The molecule has 1 heterocycles. The molecule has 3 aromatic rings. The molecule has 0 spiro atoms. The van der Waals surface area contributed by atoms with E-state index in [1.165, 1.54) is 12.1 Å². The maximum atomic E-state index is 14.0. The topological polar surface area (TPSA) is 80.4 Å². The molecular formula is C22H26FN2O4P. The van der Waals surface area contributed by atoms with Crippen molar-refractivity contribution < 1.29 is 22.8 Å². The Morgan fingerprint density at radius 3 is 2.27 bits per heavy atom. The molecule has 6 nitrogen and oxygen atoms in total. The fraction of sp³-hybridized carbons (Fsp3) is 0.318. The summed E-state index contributed by atoms with van der Waals surface area (Å²) in [5.41, 5.74) is 1.43. The zero-order chi connectivity index (χ0) is 21.9. The molecule has 0 bridgehead atoms. The molecule has 0 saturated carbocycles. The average molecular weight is 432 g/mol. The SMILES string of the molecule is CC(C)OP(=O)(OC(C)C)[C@H](NC(=O)c1ccccc1)c1c[nH]c2cc(F)ccc12. The molecule has 0 unspecified atom stereocenters. The number of aromatic nitrogens is 1. The number of carbonyl (C=O) groups is 1. The van der Waals surface area contributed by atoms with Crippen LogP contribution in [-0.2, 0) is 13.6 Å².